The van der Waals surface area contributed by atoms with Crippen LogP contribution in [0.1, 0.15) is 16.7 Å². The maximum Gasteiger partial charge on any atom is 0.335 e. The zero-order chi connectivity index (χ0) is 27.7. The van der Waals surface area contributed by atoms with Crippen LogP contribution in [0.4, 0.5) is 16.2 Å². The van der Waals surface area contributed by atoms with Crippen molar-refractivity contribution in [2.24, 2.45) is 0 Å². The van der Waals surface area contributed by atoms with Crippen molar-refractivity contribution in [2.45, 2.75) is 13.5 Å². The summed E-state index contributed by atoms with van der Waals surface area (Å²) < 4.78 is 6.03. The molecule has 5 rings (SSSR count). The minimum absolute atomic E-state index is 0.00279. The number of carbonyl (C=O) groups excluding carboxylic acids is 3. The lowest BCUT2D eigenvalue weighted by Gasteiger charge is -2.27. The predicted molar refractivity (Wildman–Crippen MR) is 147 cm³/mol. The van der Waals surface area contributed by atoms with Crippen LogP contribution in [-0.4, -0.2) is 22.8 Å². The number of ether oxygens (including phenoxy) is 1. The van der Waals surface area contributed by atoms with E-state index in [-0.39, 0.29) is 23.6 Å². The number of nitro groups is 1. The number of nitrogens with one attached hydrogen (secondary N) is 1. The molecule has 1 heterocycles. The summed E-state index contributed by atoms with van der Waals surface area (Å²) in [5.74, 6) is -1.33. The Bertz CT molecular complexity index is 1710. The van der Waals surface area contributed by atoms with Gasteiger partial charge >= 0.3 is 6.03 Å². The second-order valence-electron chi connectivity index (χ2n) is 8.81. The molecule has 0 aliphatic carbocycles. The summed E-state index contributed by atoms with van der Waals surface area (Å²) in [5, 5.41) is 15.3. The van der Waals surface area contributed by atoms with Crippen molar-refractivity contribution in [3.63, 3.8) is 0 Å². The summed E-state index contributed by atoms with van der Waals surface area (Å²) in [5.41, 5.74) is 1.64. The number of hydrogen-bond donors (Lipinski definition) is 1. The van der Waals surface area contributed by atoms with Crippen molar-refractivity contribution in [3.8, 4) is 5.75 Å². The standard InChI is InChI=1S/C29H20ClN3O6/c1-17-9-11-20(14-25(17)30)32-28(35)24(27(34)31-29(32)36)15-23-22-8-3-2-6-19(22)10-12-26(23)39-16-18-5-4-7-21(13-18)33(37)38/h2-15H,16H2,1H3,(H,31,34,36)/b24-15+. The molecule has 0 spiro atoms. The lowest BCUT2D eigenvalue weighted by molar-refractivity contribution is -0.384. The Labute approximate surface area is 227 Å². The lowest BCUT2D eigenvalue weighted by atomic mass is 9.99. The van der Waals surface area contributed by atoms with E-state index in [4.69, 9.17) is 16.3 Å². The Kier molecular flexibility index (Phi) is 6.83. The van der Waals surface area contributed by atoms with E-state index >= 15 is 0 Å². The van der Waals surface area contributed by atoms with Gasteiger partial charge in [0.1, 0.15) is 17.9 Å². The van der Waals surface area contributed by atoms with Crippen molar-refractivity contribution < 1.29 is 24.0 Å². The highest BCUT2D eigenvalue weighted by molar-refractivity contribution is 6.40. The molecule has 194 valence electrons. The molecule has 1 saturated heterocycles. The Balaban J connectivity index is 1.57. The molecule has 0 unspecified atom stereocenters. The van der Waals surface area contributed by atoms with Gasteiger partial charge in [-0.3, -0.25) is 25.0 Å². The van der Waals surface area contributed by atoms with Gasteiger partial charge < -0.3 is 4.74 Å². The van der Waals surface area contributed by atoms with Gasteiger partial charge in [-0.05, 0) is 53.1 Å². The molecule has 9 nitrogen and oxygen atoms in total. The number of aryl methyl sites for hydroxylation is 1. The number of barbiturate groups is 1. The molecule has 4 aromatic rings. The summed E-state index contributed by atoms with van der Waals surface area (Å²) in [6, 6.07) is 20.7. The van der Waals surface area contributed by atoms with Crippen LogP contribution in [0.5, 0.6) is 5.75 Å². The molecule has 0 radical (unpaired) electrons. The van der Waals surface area contributed by atoms with Crippen LogP contribution in [-0.2, 0) is 16.2 Å². The topological polar surface area (TPSA) is 119 Å². The first-order valence-corrected chi connectivity index (χ1v) is 12.2. The molecule has 0 atom stereocenters. The van der Waals surface area contributed by atoms with E-state index in [0.29, 0.717) is 27.3 Å². The van der Waals surface area contributed by atoms with E-state index in [0.717, 1.165) is 15.8 Å². The molecule has 1 aliphatic heterocycles. The third-order valence-electron chi connectivity index (χ3n) is 6.25. The summed E-state index contributed by atoms with van der Waals surface area (Å²) in [6.07, 6.45) is 1.39. The average Bonchev–Trinajstić information content (AvgIpc) is 2.92. The fourth-order valence-electron chi connectivity index (χ4n) is 4.23. The van der Waals surface area contributed by atoms with Gasteiger partial charge in [-0.25, -0.2) is 9.69 Å². The van der Waals surface area contributed by atoms with Crippen LogP contribution < -0.4 is 15.0 Å². The largest absolute Gasteiger partial charge is 0.488 e. The van der Waals surface area contributed by atoms with Gasteiger partial charge in [0.25, 0.3) is 17.5 Å². The summed E-state index contributed by atoms with van der Waals surface area (Å²) >= 11 is 6.22. The maximum atomic E-state index is 13.5. The molecule has 1 aliphatic rings. The third-order valence-corrected chi connectivity index (χ3v) is 6.66. The Morgan fingerprint density at radius 3 is 2.56 bits per heavy atom. The summed E-state index contributed by atoms with van der Waals surface area (Å²) in [6.45, 7) is 1.79. The number of carbonyl (C=O) groups is 3. The van der Waals surface area contributed by atoms with E-state index in [1.54, 1.807) is 37.3 Å². The molecule has 1 N–H and O–H groups in total. The van der Waals surface area contributed by atoms with Crippen LogP contribution in [0.2, 0.25) is 5.02 Å². The molecule has 0 aromatic heterocycles. The van der Waals surface area contributed by atoms with Gasteiger partial charge in [0, 0.05) is 22.7 Å². The van der Waals surface area contributed by atoms with Gasteiger partial charge in [0.05, 0.1) is 10.6 Å². The van der Waals surface area contributed by atoms with E-state index in [2.05, 4.69) is 5.32 Å². The highest BCUT2D eigenvalue weighted by Crippen LogP contribution is 2.33. The lowest BCUT2D eigenvalue weighted by Crippen LogP contribution is -2.54. The van der Waals surface area contributed by atoms with Gasteiger partial charge in [-0.1, -0.05) is 60.1 Å². The third kappa shape index (κ3) is 5.07. The number of nitrogens with zero attached hydrogens (tertiary/aromatic N) is 2. The van der Waals surface area contributed by atoms with E-state index in [1.807, 2.05) is 30.3 Å². The minimum atomic E-state index is -0.887. The minimum Gasteiger partial charge on any atom is -0.488 e. The Hall–Kier alpha value is -5.02. The molecule has 39 heavy (non-hydrogen) atoms. The van der Waals surface area contributed by atoms with Gasteiger partial charge in [0.2, 0.25) is 0 Å². The SMILES string of the molecule is Cc1ccc(N2C(=O)NC(=O)/C(=C\c3c(OCc4cccc([N+](=O)[O-])c4)ccc4ccccc34)C2=O)cc1Cl. The van der Waals surface area contributed by atoms with Crippen molar-refractivity contribution in [1.82, 2.24) is 5.32 Å². The number of benzene rings is 4. The monoisotopic (exact) mass is 541 g/mol. The summed E-state index contributed by atoms with van der Waals surface area (Å²) in [7, 11) is 0. The van der Waals surface area contributed by atoms with Crippen LogP contribution in [0.3, 0.4) is 0 Å². The molecule has 0 saturated carbocycles. The van der Waals surface area contributed by atoms with Crippen molar-refractivity contribution in [3.05, 3.63) is 116 Å². The molecular weight excluding hydrogens is 522 g/mol. The first-order chi connectivity index (χ1) is 18.7. The summed E-state index contributed by atoms with van der Waals surface area (Å²) in [4.78, 5) is 50.5. The second-order valence-corrected chi connectivity index (χ2v) is 9.21. The normalized spacial score (nSPS) is 14.6. The van der Waals surface area contributed by atoms with Crippen molar-refractivity contribution in [2.75, 3.05) is 4.90 Å². The number of hydrogen-bond acceptors (Lipinski definition) is 6. The molecule has 4 amide bonds. The number of fused-ring (bicyclic) bond motifs is 1. The average molecular weight is 542 g/mol. The molecule has 0 bridgehead atoms. The zero-order valence-corrected chi connectivity index (χ0v) is 21.3. The fraction of sp³-hybridized carbons (Fsp3) is 0.0690. The first-order valence-electron chi connectivity index (χ1n) is 11.8. The van der Waals surface area contributed by atoms with Gasteiger partial charge in [0.15, 0.2) is 0 Å². The van der Waals surface area contributed by atoms with Crippen molar-refractivity contribution >= 4 is 57.7 Å². The van der Waals surface area contributed by atoms with Crippen LogP contribution >= 0.6 is 11.6 Å². The number of nitro benzene ring substituents is 1. The van der Waals surface area contributed by atoms with E-state index in [9.17, 15) is 24.5 Å². The Morgan fingerprint density at radius 2 is 1.79 bits per heavy atom. The highest BCUT2D eigenvalue weighted by atomic mass is 35.5. The zero-order valence-electron chi connectivity index (χ0n) is 20.5. The molecule has 4 aromatic carbocycles. The number of halogens is 1. The predicted octanol–water partition coefficient (Wildman–Crippen LogP) is 5.96. The number of imide groups is 2. The number of anilines is 1. The number of rotatable bonds is 6. The molecule has 10 heteroatoms. The van der Waals surface area contributed by atoms with Crippen LogP contribution in [0, 0.1) is 17.0 Å². The van der Waals surface area contributed by atoms with Gasteiger partial charge in [-0.2, -0.15) is 0 Å². The van der Waals surface area contributed by atoms with Gasteiger partial charge in [-0.15, -0.1) is 0 Å². The highest BCUT2D eigenvalue weighted by Gasteiger charge is 2.37. The van der Waals surface area contributed by atoms with E-state index < -0.39 is 22.8 Å². The van der Waals surface area contributed by atoms with Crippen LogP contribution in [0.15, 0.2) is 84.4 Å². The number of amides is 4. The maximum absolute atomic E-state index is 13.5. The number of non-ortho nitro benzene ring substituents is 1. The number of urea groups is 1. The second kappa shape index (κ2) is 10.4. The quantitative estimate of drug-likeness (QED) is 0.139. The van der Waals surface area contributed by atoms with E-state index in [1.165, 1.54) is 24.3 Å². The molecule has 1 fully saturated rings. The fourth-order valence-corrected chi connectivity index (χ4v) is 4.40. The Morgan fingerprint density at radius 1 is 1.00 bits per heavy atom. The smallest absolute Gasteiger partial charge is 0.335 e. The van der Waals surface area contributed by atoms with Crippen molar-refractivity contribution in [1.29, 1.82) is 0 Å². The van der Waals surface area contributed by atoms with Crippen LogP contribution in [0.25, 0.3) is 16.8 Å². The first kappa shape index (κ1) is 25.6. The molecular formula is C29H20ClN3O6.